The minimum absolute atomic E-state index is 0.513. The summed E-state index contributed by atoms with van der Waals surface area (Å²) >= 11 is 9.78. The molecule has 2 aromatic heterocycles. The molecule has 2 aromatic rings. The fraction of sp³-hybridized carbons (Fsp3) is 0.400. The Hall–Kier alpha value is -0.320. The molecule has 15 heavy (non-hydrogen) atoms. The number of fused-ring (bicyclic) bond motifs is 1. The SMILES string of the molecule is Cc1cc2c(Cl)nc(C3CSC3)nc2s1. The van der Waals surface area contributed by atoms with Crippen molar-refractivity contribution in [2.45, 2.75) is 12.8 Å². The molecule has 0 saturated carbocycles. The molecule has 0 unspecified atom stereocenters. The summed E-state index contributed by atoms with van der Waals surface area (Å²) in [5, 5.41) is 1.60. The molecule has 0 radical (unpaired) electrons. The molecule has 3 heterocycles. The van der Waals surface area contributed by atoms with Crippen LogP contribution in [0.15, 0.2) is 6.07 Å². The molecule has 1 aliphatic heterocycles. The summed E-state index contributed by atoms with van der Waals surface area (Å²) in [6.07, 6.45) is 0. The van der Waals surface area contributed by atoms with E-state index in [-0.39, 0.29) is 0 Å². The minimum Gasteiger partial charge on any atom is -0.222 e. The van der Waals surface area contributed by atoms with Gasteiger partial charge in [-0.2, -0.15) is 11.8 Å². The number of thioether (sulfide) groups is 1. The van der Waals surface area contributed by atoms with Crippen LogP contribution >= 0.6 is 34.7 Å². The third kappa shape index (κ3) is 1.65. The maximum Gasteiger partial charge on any atom is 0.141 e. The van der Waals surface area contributed by atoms with Crippen molar-refractivity contribution < 1.29 is 0 Å². The Morgan fingerprint density at radius 1 is 1.40 bits per heavy atom. The molecule has 0 aromatic carbocycles. The normalized spacial score (nSPS) is 16.9. The van der Waals surface area contributed by atoms with Gasteiger partial charge in [0.2, 0.25) is 0 Å². The van der Waals surface area contributed by atoms with E-state index in [1.54, 1.807) is 11.3 Å². The van der Waals surface area contributed by atoms with Crippen LogP contribution in [0, 0.1) is 6.92 Å². The van der Waals surface area contributed by atoms with Gasteiger partial charge >= 0.3 is 0 Å². The first kappa shape index (κ1) is 9.87. The van der Waals surface area contributed by atoms with Crippen LogP contribution in [0.1, 0.15) is 16.6 Å². The molecule has 78 valence electrons. The van der Waals surface area contributed by atoms with Gasteiger partial charge in [0.15, 0.2) is 0 Å². The average molecular weight is 257 g/mol. The molecule has 0 aliphatic carbocycles. The highest BCUT2D eigenvalue weighted by atomic mass is 35.5. The summed E-state index contributed by atoms with van der Waals surface area (Å²) < 4.78 is 0. The Bertz CT molecular complexity index is 519. The van der Waals surface area contributed by atoms with Crippen molar-refractivity contribution in [3.05, 3.63) is 21.9 Å². The summed E-state index contributed by atoms with van der Waals surface area (Å²) in [5.74, 6) is 3.70. The maximum atomic E-state index is 6.15. The molecule has 0 amide bonds. The topological polar surface area (TPSA) is 25.8 Å². The van der Waals surface area contributed by atoms with Gasteiger partial charge in [0, 0.05) is 27.7 Å². The summed E-state index contributed by atoms with van der Waals surface area (Å²) in [5.41, 5.74) is 0. The van der Waals surface area contributed by atoms with Crippen molar-refractivity contribution in [3.8, 4) is 0 Å². The van der Waals surface area contributed by atoms with Crippen molar-refractivity contribution in [2.24, 2.45) is 0 Å². The van der Waals surface area contributed by atoms with Crippen LogP contribution < -0.4 is 0 Å². The molecule has 5 heteroatoms. The van der Waals surface area contributed by atoms with E-state index in [9.17, 15) is 0 Å². The molecule has 2 nitrogen and oxygen atoms in total. The van der Waals surface area contributed by atoms with E-state index >= 15 is 0 Å². The first-order chi connectivity index (χ1) is 7.24. The van der Waals surface area contributed by atoms with Gasteiger partial charge in [-0.25, -0.2) is 9.97 Å². The standard InChI is InChI=1S/C10H9ClN2S2/c1-5-2-7-8(11)12-9(6-3-14-4-6)13-10(7)15-5/h2,6H,3-4H2,1H3. The van der Waals surface area contributed by atoms with Gasteiger partial charge in [-0.3, -0.25) is 0 Å². The number of thiophene rings is 1. The number of halogens is 1. The van der Waals surface area contributed by atoms with Crippen molar-refractivity contribution in [1.29, 1.82) is 0 Å². The Balaban J connectivity index is 2.17. The Morgan fingerprint density at radius 2 is 2.20 bits per heavy atom. The van der Waals surface area contributed by atoms with Gasteiger partial charge < -0.3 is 0 Å². The second-order valence-corrected chi connectivity index (χ2v) is 6.35. The van der Waals surface area contributed by atoms with E-state index in [4.69, 9.17) is 11.6 Å². The Kier molecular flexibility index (Phi) is 2.38. The highest BCUT2D eigenvalue weighted by Crippen LogP contribution is 2.35. The van der Waals surface area contributed by atoms with Crippen LogP contribution in [-0.4, -0.2) is 21.5 Å². The molecule has 1 fully saturated rings. The molecule has 0 N–H and O–H groups in total. The van der Waals surface area contributed by atoms with Crippen molar-refractivity contribution in [3.63, 3.8) is 0 Å². The smallest absolute Gasteiger partial charge is 0.141 e. The van der Waals surface area contributed by atoms with Crippen LogP contribution in [0.3, 0.4) is 0 Å². The predicted octanol–water partition coefficient (Wildman–Crippen LogP) is 3.48. The molecule has 0 spiro atoms. The average Bonchev–Trinajstić information content (AvgIpc) is 2.42. The second-order valence-electron chi connectivity index (χ2n) is 3.68. The molecular weight excluding hydrogens is 248 g/mol. The summed E-state index contributed by atoms with van der Waals surface area (Å²) in [6.45, 7) is 2.07. The quantitative estimate of drug-likeness (QED) is 0.731. The molecule has 3 rings (SSSR count). The highest BCUT2D eigenvalue weighted by molar-refractivity contribution is 8.00. The Labute approximate surface area is 101 Å². The lowest BCUT2D eigenvalue weighted by atomic mass is 10.2. The van der Waals surface area contributed by atoms with Crippen LogP contribution in [0.5, 0.6) is 0 Å². The number of hydrogen-bond acceptors (Lipinski definition) is 4. The monoisotopic (exact) mass is 256 g/mol. The molecule has 1 aliphatic rings. The van der Waals surface area contributed by atoms with Crippen molar-refractivity contribution >= 4 is 44.9 Å². The maximum absolute atomic E-state index is 6.15. The Morgan fingerprint density at radius 3 is 2.87 bits per heavy atom. The lowest BCUT2D eigenvalue weighted by Gasteiger charge is -2.23. The van der Waals surface area contributed by atoms with Gasteiger partial charge in [0.25, 0.3) is 0 Å². The summed E-state index contributed by atoms with van der Waals surface area (Å²) in [6, 6.07) is 2.06. The number of nitrogens with zero attached hydrogens (tertiary/aromatic N) is 2. The number of aryl methyl sites for hydroxylation is 1. The van der Waals surface area contributed by atoms with E-state index in [0.717, 1.165) is 27.5 Å². The van der Waals surface area contributed by atoms with Crippen LogP contribution in [0.4, 0.5) is 0 Å². The molecular formula is C10H9ClN2S2. The van der Waals surface area contributed by atoms with Crippen LogP contribution in [0.2, 0.25) is 5.15 Å². The van der Waals surface area contributed by atoms with Gasteiger partial charge in [0.1, 0.15) is 15.8 Å². The van der Waals surface area contributed by atoms with E-state index < -0.39 is 0 Å². The zero-order valence-electron chi connectivity index (χ0n) is 8.16. The summed E-state index contributed by atoms with van der Waals surface area (Å²) in [4.78, 5) is 11.2. The van der Waals surface area contributed by atoms with E-state index in [2.05, 4.69) is 23.0 Å². The number of rotatable bonds is 1. The second kappa shape index (κ2) is 3.61. The highest BCUT2D eigenvalue weighted by Gasteiger charge is 2.24. The molecule has 1 saturated heterocycles. The number of hydrogen-bond donors (Lipinski definition) is 0. The van der Waals surface area contributed by atoms with Gasteiger partial charge in [-0.15, -0.1) is 11.3 Å². The van der Waals surface area contributed by atoms with Gasteiger partial charge in [0.05, 0.1) is 0 Å². The molecule has 0 atom stereocenters. The van der Waals surface area contributed by atoms with E-state index in [0.29, 0.717) is 11.1 Å². The third-order valence-electron chi connectivity index (χ3n) is 2.49. The first-order valence-electron chi connectivity index (χ1n) is 4.75. The third-order valence-corrected chi connectivity index (χ3v) is 5.00. The van der Waals surface area contributed by atoms with E-state index in [1.807, 2.05) is 11.8 Å². The zero-order valence-corrected chi connectivity index (χ0v) is 10.5. The largest absolute Gasteiger partial charge is 0.222 e. The fourth-order valence-electron chi connectivity index (χ4n) is 1.59. The zero-order chi connectivity index (χ0) is 10.4. The minimum atomic E-state index is 0.513. The molecule has 0 bridgehead atoms. The predicted molar refractivity (Wildman–Crippen MR) is 67.2 cm³/mol. The first-order valence-corrected chi connectivity index (χ1v) is 7.10. The van der Waals surface area contributed by atoms with Crippen LogP contribution in [0.25, 0.3) is 10.2 Å². The lowest BCUT2D eigenvalue weighted by molar-refractivity contribution is 0.773. The number of aromatic nitrogens is 2. The van der Waals surface area contributed by atoms with E-state index in [1.165, 1.54) is 4.88 Å². The van der Waals surface area contributed by atoms with Crippen molar-refractivity contribution in [2.75, 3.05) is 11.5 Å². The van der Waals surface area contributed by atoms with Gasteiger partial charge in [-0.05, 0) is 13.0 Å². The van der Waals surface area contributed by atoms with Crippen LogP contribution in [-0.2, 0) is 0 Å². The lowest BCUT2D eigenvalue weighted by Crippen LogP contribution is -2.18. The van der Waals surface area contributed by atoms with Crippen molar-refractivity contribution in [1.82, 2.24) is 9.97 Å². The fourth-order valence-corrected chi connectivity index (χ4v) is 3.53. The van der Waals surface area contributed by atoms with Gasteiger partial charge in [-0.1, -0.05) is 11.6 Å². The summed E-state index contributed by atoms with van der Waals surface area (Å²) in [7, 11) is 0.